The lowest BCUT2D eigenvalue weighted by Crippen LogP contribution is -2.48. The lowest BCUT2D eigenvalue weighted by atomic mass is 9.93. The van der Waals surface area contributed by atoms with E-state index in [-0.39, 0.29) is 24.9 Å². The van der Waals surface area contributed by atoms with Gasteiger partial charge >= 0.3 is 12.1 Å². The Bertz CT molecular complexity index is 481. The third kappa shape index (κ3) is 6.14. The normalized spacial score (nSPS) is 21.2. The first-order valence-corrected chi connectivity index (χ1v) is 9.53. The molecule has 150 valence electrons. The Hall–Kier alpha value is -1.31. The molecule has 0 aromatic carbocycles. The minimum atomic E-state index is -4.83. The summed E-state index contributed by atoms with van der Waals surface area (Å²) in [7, 11) is 0. The maximum absolute atomic E-state index is 12.4. The van der Waals surface area contributed by atoms with Gasteiger partial charge in [-0.3, -0.25) is 9.59 Å². The molecule has 0 radical (unpaired) electrons. The number of nitrogens with one attached hydrogen (secondary N) is 1. The third-order valence-electron chi connectivity index (χ3n) is 5.29. The Morgan fingerprint density at radius 1 is 1.04 bits per heavy atom. The minimum Gasteiger partial charge on any atom is -0.356 e. The fourth-order valence-corrected chi connectivity index (χ4v) is 3.80. The maximum Gasteiger partial charge on any atom is 0.471 e. The summed E-state index contributed by atoms with van der Waals surface area (Å²) in [5.41, 5.74) is 0. The molecule has 0 aliphatic carbocycles. The van der Waals surface area contributed by atoms with E-state index in [0.717, 1.165) is 37.4 Å². The van der Waals surface area contributed by atoms with Crippen molar-refractivity contribution in [3.63, 3.8) is 0 Å². The number of carbonyl (C=O) groups excluding carboxylic acids is 2. The third-order valence-corrected chi connectivity index (χ3v) is 5.29. The highest BCUT2D eigenvalue weighted by Gasteiger charge is 2.43. The van der Waals surface area contributed by atoms with Crippen LogP contribution in [-0.4, -0.2) is 67.1 Å². The molecule has 2 saturated heterocycles. The molecule has 0 bridgehead atoms. The van der Waals surface area contributed by atoms with Gasteiger partial charge in [-0.15, -0.1) is 0 Å². The van der Waals surface area contributed by atoms with Crippen LogP contribution < -0.4 is 5.32 Å². The number of alkyl halides is 3. The molecule has 8 heteroatoms. The van der Waals surface area contributed by atoms with E-state index in [1.807, 2.05) is 0 Å². The number of hydrogen-bond acceptors (Lipinski definition) is 3. The minimum absolute atomic E-state index is 0.00990. The van der Waals surface area contributed by atoms with Crippen LogP contribution in [0.2, 0.25) is 0 Å². The van der Waals surface area contributed by atoms with Crippen molar-refractivity contribution < 1.29 is 22.8 Å². The van der Waals surface area contributed by atoms with Crippen LogP contribution in [0.15, 0.2) is 0 Å². The van der Waals surface area contributed by atoms with Gasteiger partial charge in [-0.1, -0.05) is 13.8 Å². The molecule has 0 spiro atoms. The zero-order chi connectivity index (χ0) is 19.3. The van der Waals surface area contributed by atoms with Gasteiger partial charge in [-0.05, 0) is 50.6 Å². The van der Waals surface area contributed by atoms with Crippen LogP contribution in [0.5, 0.6) is 0 Å². The summed E-state index contributed by atoms with van der Waals surface area (Å²) in [6.07, 6.45) is -2.13. The molecule has 2 amide bonds. The molecule has 2 rings (SSSR count). The average molecular weight is 377 g/mol. The highest BCUT2D eigenvalue weighted by molar-refractivity contribution is 5.83. The molecule has 2 fully saturated rings. The quantitative estimate of drug-likeness (QED) is 0.800. The van der Waals surface area contributed by atoms with E-state index >= 15 is 0 Å². The van der Waals surface area contributed by atoms with E-state index in [1.54, 1.807) is 0 Å². The van der Waals surface area contributed by atoms with Crippen LogP contribution >= 0.6 is 0 Å². The standard InChI is InChI=1S/C18H30F3N3O2/c1-13(2)12-23-7-3-14(4-8-23)11-22-16(25)15-5-9-24(10-6-15)17(26)18(19,20)21/h13-15H,3-12H2,1-2H3,(H,22,25). The molecule has 2 aliphatic rings. The second-order valence-electron chi connectivity index (χ2n) is 7.95. The van der Waals surface area contributed by atoms with Crippen LogP contribution in [0.3, 0.4) is 0 Å². The van der Waals surface area contributed by atoms with Crippen LogP contribution in [0.1, 0.15) is 39.5 Å². The molecule has 0 aromatic heterocycles. The van der Waals surface area contributed by atoms with Crippen molar-refractivity contribution in [2.45, 2.75) is 45.7 Å². The molecular formula is C18H30F3N3O2. The summed E-state index contributed by atoms with van der Waals surface area (Å²) in [5, 5.41) is 2.97. The number of amides is 2. The van der Waals surface area contributed by atoms with Crippen molar-refractivity contribution in [1.29, 1.82) is 0 Å². The largest absolute Gasteiger partial charge is 0.471 e. The van der Waals surface area contributed by atoms with Crippen molar-refractivity contribution >= 4 is 11.8 Å². The molecule has 0 unspecified atom stereocenters. The first kappa shape index (κ1) is 21.0. The summed E-state index contributed by atoms with van der Waals surface area (Å²) >= 11 is 0. The van der Waals surface area contributed by atoms with Gasteiger partial charge < -0.3 is 15.1 Å². The summed E-state index contributed by atoms with van der Waals surface area (Å²) in [6, 6.07) is 0. The Morgan fingerprint density at radius 2 is 1.62 bits per heavy atom. The van der Waals surface area contributed by atoms with E-state index in [0.29, 0.717) is 31.2 Å². The predicted octanol–water partition coefficient (Wildman–Crippen LogP) is 2.27. The molecule has 5 nitrogen and oxygen atoms in total. The van der Waals surface area contributed by atoms with Crippen molar-refractivity contribution in [2.75, 3.05) is 39.3 Å². The van der Waals surface area contributed by atoms with E-state index in [9.17, 15) is 22.8 Å². The molecule has 1 N–H and O–H groups in total. The highest BCUT2D eigenvalue weighted by Crippen LogP contribution is 2.24. The van der Waals surface area contributed by atoms with Gasteiger partial charge in [0.2, 0.25) is 5.91 Å². The molecule has 0 atom stereocenters. The summed E-state index contributed by atoms with van der Waals surface area (Å²) in [4.78, 5) is 26.7. The van der Waals surface area contributed by atoms with Crippen LogP contribution in [0.4, 0.5) is 13.2 Å². The van der Waals surface area contributed by atoms with Gasteiger partial charge in [-0.25, -0.2) is 0 Å². The Morgan fingerprint density at radius 3 is 2.12 bits per heavy atom. The monoisotopic (exact) mass is 377 g/mol. The van der Waals surface area contributed by atoms with Crippen molar-refractivity contribution in [3.05, 3.63) is 0 Å². The van der Waals surface area contributed by atoms with E-state index in [4.69, 9.17) is 0 Å². The number of likely N-dealkylation sites (tertiary alicyclic amines) is 2. The predicted molar refractivity (Wildman–Crippen MR) is 92.4 cm³/mol. The molecule has 2 aliphatic heterocycles. The highest BCUT2D eigenvalue weighted by atomic mass is 19.4. The van der Waals surface area contributed by atoms with Gasteiger partial charge in [0.05, 0.1) is 0 Å². The number of halogens is 3. The van der Waals surface area contributed by atoms with Gasteiger partial charge in [-0.2, -0.15) is 13.2 Å². The smallest absolute Gasteiger partial charge is 0.356 e. The summed E-state index contributed by atoms with van der Waals surface area (Å²) < 4.78 is 37.3. The number of nitrogens with zero attached hydrogens (tertiary/aromatic N) is 2. The molecule has 0 saturated carbocycles. The van der Waals surface area contributed by atoms with Crippen molar-refractivity contribution in [1.82, 2.24) is 15.1 Å². The second-order valence-corrected chi connectivity index (χ2v) is 7.95. The van der Waals surface area contributed by atoms with Crippen LogP contribution in [0, 0.1) is 17.8 Å². The van der Waals surface area contributed by atoms with Crippen LogP contribution in [0.25, 0.3) is 0 Å². The Balaban J connectivity index is 1.66. The summed E-state index contributed by atoms with van der Waals surface area (Å²) in [5.74, 6) is -1.07. The van der Waals surface area contributed by atoms with E-state index < -0.39 is 12.1 Å². The van der Waals surface area contributed by atoms with Crippen molar-refractivity contribution in [3.8, 4) is 0 Å². The van der Waals surface area contributed by atoms with Crippen LogP contribution in [-0.2, 0) is 9.59 Å². The number of piperidine rings is 2. The molecule has 2 heterocycles. The number of hydrogen-bond donors (Lipinski definition) is 1. The van der Waals surface area contributed by atoms with Gasteiger partial charge in [0, 0.05) is 32.1 Å². The molecule has 26 heavy (non-hydrogen) atoms. The number of rotatable bonds is 5. The second kappa shape index (κ2) is 9.06. The first-order valence-electron chi connectivity index (χ1n) is 9.53. The lowest BCUT2D eigenvalue weighted by molar-refractivity contribution is -0.186. The molecular weight excluding hydrogens is 347 g/mol. The zero-order valence-corrected chi connectivity index (χ0v) is 15.6. The topological polar surface area (TPSA) is 52.7 Å². The lowest BCUT2D eigenvalue weighted by Gasteiger charge is -2.34. The van der Waals surface area contributed by atoms with E-state index in [1.165, 1.54) is 0 Å². The average Bonchev–Trinajstić information content (AvgIpc) is 2.59. The molecule has 0 aromatic rings. The maximum atomic E-state index is 12.4. The van der Waals surface area contributed by atoms with Gasteiger partial charge in [0.15, 0.2) is 0 Å². The number of carbonyl (C=O) groups is 2. The van der Waals surface area contributed by atoms with Gasteiger partial charge in [0.25, 0.3) is 0 Å². The fraction of sp³-hybridized carbons (Fsp3) is 0.889. The summed E-state index contributed by atoms with van der Waals surface area (Å²) in [6.45, 7) is 8.24. The van der Waals surface area contributed by atoms with Crippen molar-refractivity contribution in [2.24, 2.45) is 17.8 Å². The fourth-order valence-electron chi connectivity index (χ4n) is 3.80. The first-order chi connectivity index (χ1) is 12.2. The van der Waals surface area contributed by atoms with Gasteiger partial charge in [0.1, 0.15) is 0 Å². The Kier molecular flexibility index (Phi) is 7.32. The zero-order valence-electron chi connectivity index (χ0n) is 15.6. The van der Waals surface area contributed by atoms with E-state index in [2.05, 4.69) is 24.1 Å². The Labute approximate surface area is 153 Å². The SMILES string of the molecule is CC(C)CN1CCC(CNC(=O)C2CCN(C(=O)C(F)(F)F)CC2)CC1.